The van der Waals surface area contributed by atoms with Crippen molar-refractivity contribution < 1.29 is 14.3 Å². The molecule has 0 saturated carbocycles. The molecule has 1 aromatic carbocycles. The normalized spacial score (nSPS) is 19.1. The van der Waals surface area contributed by atoms with Crippen molar-refractivity contribution in [3.8, 4) is 5.75 Å². The van der Waals surface area contributed by atoms with E-state index in [9.17, 15) is 4.79 Å². The minimum Gasteiger partial charge on any atom is -0.484 e. The lowest BCUT2D eigenvalue weighted by molar-refractivity contribution is -0.140. The molecule has 1 aliphatic rings. The van der Waals surface area contributed by atoms with Gasteiger partial charge in [-0.15, -0.1) is 0 Å². The number of carbonyl (C=O) groups excluding carboxylic acids is 1. The zero-order valence-electron chi connectivity index (χ0n) is 11.4. The summed E-state index contributed by atoms with van der Waals surface area (Å²) in [5.74, 6) is 0.710. The first-order chi connectivity index (χ1) is 9.19. The quantitative estimate of drug-likeness (QED) is 0.892. The highest BCUT2D eigenvalue weighted by Crippen LogP contribution is 2.15. The van der Waals surface area contributed by atoms with E-state index in [1.807, 2.05) is 38.2 Å². The van der Waals surface area contributed by atoms with Crippen molar-refractivity contribution in [2.75, 3.05) is 38.7 Å². The zero-order valence-corrected chi connectivity index (χ0v) is 11.4. The molecule has 1 fully saturated rings. The standard InChI is InChI=1S/C14H20N2O3/c1-11-9-16(7-8-18-11)14(17)10-19-13-5-3-12(15-2)4-6-13/h3-6,11,15H,7-10H2,1-2H3. The Labute approximate surface area is 113 Å². The number of ether oxygens (including phenoxy) is 2. The molecule has 1 heterocycles. The van der Waals surface area contributed by atoms with E-state index in [0.29, 0.717) is 25.4 Å². The second-order valence-electron chi connectivity index (χ2n) is 4.58. The molecular weight excluding hydrogens is 244 g/mol. The summed E-state index contributed by atoms with van der Waals surface area (Å²) in [6.45, 7) is 3.93. The van der Waals surface area contributed by atoms with Gasteiger partial charge in [0.25, 0.3) is 5.91 Å². The van der Waals surface area contributed by atoms with Crippen LogP contribution in [0.2, 0.25) is 0 Å². The second kappa shape index (κ2) is 6.43. The van der Waals surface area contributed by atoms with Crippen LogP contribution in [0.25, 0.3) is 0 Å². The molecule has 1 unspecified atom stereocenters. The molecule has 5 heteroatoms. The van der Waals surface area contributed by atoms with Crippen LogP contribution in [0.15, 0.2) is 24.3 Å². The summed E-state index contributed by atoms with van der Waals surface area (Å²) in [5, 5.41) is 3.03. The molecule has 0 aromatic heterocycles. The molecule has 5 nitrogen and oxygen atoms in total. The van der Waals surface area contributed by atoms with E-state index in [4.69, 9.17) is 9.47 Å². The van der Waals surface area contributed by atoms with E-state index in [1.165, 1.54) is 0 Å². The third kappa shape index (κ3) is 3.86. The predicted molar refractivity (Wildman–Crippen MR) is 73.5 cm³/mol. The third-order valence-electron chi connectivity index (χ3n) is 3.10. The second-order valence-corrected chi connectivity index (χ2v) is 4.58. The van der Waals surface area contributed by atoms with Crippen LogP contribution in [0.4, 0.5) is 5.69 Å². The average molecular weight is 264 g/mol. The number of nitrogens with one attached hydrogen (secondary N) is 1. The van der Waals surface area contributed by atoms with Gasteiger partial charge in [-0.2, -0.15) is 0 Å². The lowest BCUT2D eigenvalue weighted by Crippen LogP contribution is -2.46. The summed E-state index contributed by atoms with van der Waals surface area (Å²) in [5.41, 5.74) is 1.01. The Hall–Kier alpha value is -1.75. The van der Waals surface area contributed by atoms with Gasteiger partial charge in [-0.3, -0.25) is 4.79 Å². The molecular formula is C14H20N2O3. The summed E-state index contributed by atoms with van der Waals surface area (Å²) >= 11 is 0. The number of hydrogen-bond donors (Lipinski definition) is 1. The molecule has 0 aliphatic carbocycles. The Morgan fingerprint density at radius 3 is 2.84 bits per heavy atom. The van der Waals surface area contributed by atoms with E-state index in [2.05, 4.69) is 5.32 Å². The molecule has 0 radical (unpaired) electrons. The number of morpholine rings is 1. The van der Waals surface area contributed by atoms with E-state index >= 15 is 0 Å². The number of amides is 1. The van der Waals surface area contributed by atoms with E-state index in [0.717, 1.165) is 5.69 Å². The van der Waals surface area contributed by atoms with Crippen LogP contribution in [0.3, 0.4) is 0 Å². The van der Waals surface area contributed by atoms with Crippen LogP contribution in [-0.2, 0) is 9.53 Å². The molecule has 1 amide bonds. The van der Waals surface area contributed by atoms with Crippen LogP contribution in [0.1, 0.15) is 6.92 Å². The smallest absolute Gasteiger partial charge is 0.260 e. The highest BCUT2D eigenvalue weighted by atomic mass is 16.5. The van der Waals surface area contributed by atoms with Gasteiger partial charge < -0.3 is 19.7 Å². The first-order valence-corrected chi connectivity index (χ1v) is 6.49. The topological polar surface area (TPSA) is 50.8 Å². The molecule has 2 rings (SSSR count). The Morgan fingerprint density at radius 2 is 2.21 bits per heavy atom. The lowest BCUT2D eigenvalue weighted by Gasteiger charge is -2.31. The van der Waals surface area contributed by atoms with Crippen LogP contribution in [-0.4, -0.2) is 50.3 Å². The van der Waals surface area contributed by atoms with Crippen molar-refractivity contribution in [3.63, 3.8) is 0 Å². The van der Waals surface area contributed by atoms with Crippen molar-refractivity contribution in [2.45, 2.75) is 13.0 Å². The summed E-state index contributed by atoms with van der Waals surface area (Å²) in [6.07, 6.45) is 0.104. The summed E-state index contributed by atoms with van der Waals surface area (Å²) in [6, 6.07) is 7.52. The molecule has 104 valence electrons. The maximum atomic E-state index is 12.0. The molecule has 1 N–H and O–H groups in total. The van der Waals surface area contributed by atoms with E-state index in [-0.39, 0.29) is 18.6 Å². The number of rotatable bonds is 4. The van der Waals surface area contributed by atoms with Gasteiger partial charge in [-0.1, -0.05) is 0 Å². The molecule has 0 bridgehead atoms. The van der Waals surface area contributed by atoms with Crippen molar-refractivity contribution in [2.24, 2.45) is 0 Å². The first kappa shape index (κ1) is 13.7. The van der Waals surface area contributed by atoms with E-state index in [1.54, 1.807) is 4.90 Å². The molecule has 1 aromatic rings. The van der Waals surface area contributed by atoms with Gasteiger partial charge in [0.15, 0.2) is 6.61 Å². The van der Waals surface area contributed by atoms with Crippen molar-refractivity contribution in [1.29, 1.82) is 0 Å². The van der Waals surface area contributed by atoms with Gasteiger partial charge in [-0.25, -0.2) is 0 Å². The van der Waals surface area contributed by atoms with E-state index < -0.39 is 0 Å². The highest BCUT2D eigenvalue weighted by Gasteiger charge is 2.21. The fourth-order valence-electron chi connectivity index (χ4n) is 2.00. The van der Waals surface area contributed by atoms with Crippen LogP contribution in [0.5, 0.6) is 5.75 Å². The number of carbonyl (C=O) groups is 1. The predicted octanol–water partition coefficient (Wildman–Crippen LogP) is 1.35. The largest absolute Gasteiger partial charge is 0.484 e. The van der Waals surface area contributed by atoms with Gasteiger partial charge in [0.2, 0.25) is 0 Å². The molecule has 0 spiro atoms. The molecule has 19 heavy (non-hydrogen) atoms. The Kier molecular flexibility index (Phi) is 4.63. The first-order valence-electron chi connectivity index (χ1n) is 6.49. The van der Waals surface area contributed by atoms with Gasteiger partial charge in [0.1, 0.15) is 5.75 Å². The zero-order chi connectivity index (χ0) is 13.7. The highest BCUT2D eigenvalue weighted by molar-refractivity contribution is 5.77. The molecule has 1 aliphatic heterocycles. The number of nitrogens with zero attached hydrogens (tertiary/aromatic N) is 1. The summed E-state index contributed by atoms with van der Waals surface area (Å²) in [4.78, 5) is 13.8. The van der Waals surface area contributed by atoms with Crippen molar-refractivity contribution in [3.05, 3.63) is 24.3 Å². The van der Waals surface area contributed by atoms with Gasteiger partial charge >= 0.3 is 0 Å². The van der Waals surface area contributed by atoms with Crippen LogP contribution < -0.4 is 10.1 Å². The molecule has 1 atom stereocenters. The maximum absolute atomic E-state index is 12.0. The Morgan fingerprint density at radius 1 is 1.47 bits per heavy atom. The average Bonchev–Trinajstić information content (AvgIpc) is 2.45. The maximum Gasteiger partial charge on any atom is 0.260 e. The number of benzene rings is 1. The monoisotopic (exact) mass is 264 g/mol. The van der Waals surface area contributed by atoms with Crippen molar-refractivity contribution >= 4 is 11.6 Å². The number of anilines is 1. The van der Waals surface area contributed by atoms with Crippen LogP contribution >= 0.6 is 0 Å². The van der Waals surface area contributed by atoms with Crippen LogP contribution in [0, 0.1) is 0 Å². The third-order valence-corrected chi connectivity index (χ3v) is 3.10. The fraction of sp³-hybridized carbons (Fsp3) is 0.500. The Balaban J connectivity index is 1.82. The van der Waals surface area contributed by atoms with Gasteiger partial charge in [-0.05, 0) is 31.2 Å². The fourth-order valence-corrected chi connectivity index (χ4v) is 2.00. The molecule has 1 saturated heterocycles. The minimum atomic E-state index is 0.00726. The number of hydrogen-bond acceptors (Lipinski definition) is 4. The van der Waals surface area contributed by atoms with Crippen molar-refractivity contribution in [1.82, 2.24) is 4.90 Å². The Bertz CT molecular complexity index is 419. The minimum absolute atomic E-state index is 0.00726. The van der Waals surface area contributed by atoms with Gasteiger partial charge in [0.05, 0.1) is 12.7 Å². The SMILES string of the molecule is CNc1ccc(OCC(=O)N2CCOC(C)C2)cc1. The lowest BCUT2D eigenvalue weighted by atomic mass is 10.3. The van der Waals surface area contributed by atoms with Gasteiger partial charge in [0, 0.05) is 25.8 Å². The summed E-state index contributed by atoms with van der Waals surface area (Å²) < 4.78 is 10.9. The summed E-state index contributed by atoms with van der Waals surface area (Å²) in [7, 11) is 1.86.